The highest BCUT2D eigenvalue weighted by molar-refractivity contribution is 5.98. The van der Waals surface area contributed by atoms with Crippen molar-refractivity contribution in [3.8, 4) is 0 Å². The zero-order chi connectivity index (χ0) is 42.0. The Labute approximate surface area is 333 Å². The van der Waals surface area contributed by atoms with E-state index in [4.69, 9.17) is 9.47 Å². The molecule has 5 amide bonds. The molecule has 0 spiro atoms. The van der Waals surface area contributed by atoms with Crippen molar-refractivity contribution >= 4 is 29.9 Å². The van der Waals surface area contributed by atoms with Crippen LogP contribution in [0.2, 0.25) is 0 Å². The third-order valence-corrected chi connectivity index (χ3v) is 10.8. The van der Waals surface area contributed by atoms with Crippen LogP contribution in [0.3, 0.4) is 0 Å². The molecule has 0 radical (unpaired) electrons. The first-order valence-corrected chi connectivity index (χ1v) is 19.5. The first kappa shape index (κ1) is 42.4. The molecule has 1 unspecified atom stereocenters. The van der Waals surface area contributed by atoms with Gasteiger partial charge in [0, 0.05) is 31.0 Å². The predicted molar refractivity (Wildman–Crippen MR) is 200 cm³/mol. The standard InChI is InChI=1S/C41H49F4N5O8/c1-39(2,3)58-37(55)47-31-16-8-6-4-5-7-14-27-19-40(27,36(54)46-20-24-11-9-12-25(17-24)33(51)41(43,44)45)48-34(52)32-18-28(22-50(32)35(31)53)57-38(56)49-21-26-13-10-15-30(42)29(26)23-49/h7,9-15,17,27-28,31-33,51H,4-6,8,16,18-23H2,1-3H3,(H,46,54)(H,47,55)(H,48,52)/b14-7-/t27-,28+,31-,32-,33?,40+/m0/s1. The fraction of sp³-hybridized carbons (Fsp3) is 0.537. The molecule has 0 bridgehead atoms. The number of ether oxygens (including phenoxy) is 2. The van der Waals surface area contributed by atoms with Crippen LogP contribution < -0.4 is 16.0 Å². The Balaban J connectivity index is 1.23. The normalized spacial score (nSPS) is 26.1. The number of nitrogens with one attached hydrogen (secondary N) is 3. The van der Waals surface area contributed by atoms with E-state index in [2.05, 4.69) is 16.0 Å². The minimum Gasteiger partial charge on any atom is -0.444 e. The quantitative estimate of drug-likeness (QED) is 0.221. The summed E-state index contributed by atoms with van der Waals surface area (Å²) in [6.45, 7) is 4.69. The molecule has 3 heterocycles. The van der Waals surface area contributed by atoms with Crippen LogP contribution in [0.25, 0.3) is 0 Å². The van der Waals surface area contributed by atoms with Gasteiger partial charge in [-0.2, -0.15) is 13.2 Å². The van der Waals surface area contributed by atoms with E-state index in [1.54, 1.807) is 32.9 Å². The zero-order valence-electron chi connectivity index (χ0n) is 32.6. The Morgan fingerprint density at radius 1 is 1.05 bits per heavy atom. The second-order valence-electron chi connectivity index (χ2n) is 16.4. The molecule has 1 saturated carbocycles. The lowest BCUT2D eigenvalue weighted by Gasteiger charge is -2.30. The van der Waals surface area contributed by atoms with Crippen LogP contribution in [0.5, 0.6) is 0 Å². The molecular formula is C41H49F4N5O8. The fourth-order valence-corrected chi connectivity index (χ4v) is 7.74. The van der Waals surface area contributed by atoms with Gasteiger partial charge in [-0.15, -0.1) is 0 Å². The van der Waals surface area contributed by atoms with Crippen LogP contribution >= 0.6 is 0 Å². The van der Waals surface area contributed by atoms with Crippen molar-refractivity contribution in [1.82, 2.24) is 25.8 Å². The highest BCUT2D eigenvalue weighted by Gasteiger charge is 2.61. The first-order valence-electron chi connectivity index (χ1n) is 19.5. The van der Waals surface area contributed by atoms with Crippen molar-refractivity contribution in [3.63, 3.8) is 0 Å². The number of aliphatic hydroxyl groups excluding tert-OH is 1. The number of amides is 5. The van der Waals surface area contributed by atoms with Gasteiger partial charge in [-0.1, -0.05) is 61.4 Å². The molecule has 17 heteroatoms. The SMILES string of the molecule is CC(C)(C)OC(=O)N[C@H]1CCCCC/C=C\[C@H]2C[C@@]2(C(=O)NCc2cccc(C(O)C(F)(F)F)c2)NC(=O)[C@@H]2C[C@@H](OC(=O)N3Cc4cccc(F)c4C3)CN2C1=O. The molecule has 6 rings (SSSR count). The molecule has 2 aromatic carbocycles. The number of fused-ring (bicyclic) bond motifs is 3. The summed E-state index contributed by atoms with van der Waals surface area (Å²) in [5, 5.41) is 18.0. The number of nitrogens with zero attached hydrogens (tertiary/aromatic N) is 2. The molecule has 314 valence electrons. The van der Waals surface area contributed by atoms with Crippen LogP contribution in [0.4, 0.5) is 27.2 Å². The average Bonchev–Trinajstić information content (AvgIpc) is 3.44. The van der Waals surface area contributed by atoms with E-state index in [1.165, 1.54) is 28.0 Å². The number of allylic oxidation sites excluding steroid dienone is 1. The number of alkyl halides is 3. The van der Waals surface area contributed by atoms with Gasteiger partial charge in [0.25, 0.3) is 0 Å². The molecule has 2 aromatic rings. The minimum absolute atomic E-state index is 0.0260. The number of hydrogen-bond acceptors (Lipinski definition) is 8. The van der Waals surface area contributed by atoms with Gasteiger partial charge in [0.15, 0.2) is 6.10 Å². The molecule has 6 atom stereocenters. The van der Waals surface area contributed by atoms with Gasteiger partial charge in [-0.05, 0) is 69.2 Å². The number of aliphatic hydroxyl groups is 1. The number of carbonyl (C=O) groups excluding carboxylic acids is 5. The van der Waals surface area contributed by atoms with Gasteiger partial charge in [-0.3, -0.25) is 19.3 Å². The maximum Gasteiger partial charge on any atom is 0.418 e. The molecule has 2 fully saturated rings. The van der Waals surface area contributed by atoms with E-state index in [0.717, 1.165) is 18.6 Å². The van der Waals surface area contributed by atoms with E-state index in [-0.39, 0.29) is 51.0 Å². The van der Waals surface area contributed by atoms with Crippen LogP contribution in [-0.2, 0) is 43.5 Å². The van der Waals surface area contributed by atoms with Crippen LogP contribution in [-0.4, -0.2) is 86.9 Å². The van der Waals surface area contributed by atoms with Gasteiger partial charge in [-0.25, -0.2) is 14.0 Å². The topological polar surface area (TPSA) is 167 Å². The van der Waals surface area contributed by atoms with Crippen LogP contribution in [0.15, 0.2) is 54.6 Å². The molecular weight excluding hydrogens is 766 g/mol. The summed E-state index contributed by atoms with van der Waals surface area (Å²) < 4.78 is 65.3. The predicted octanol–water partition coefficient (Wildman–Crippen LogP) is 5.45. The second kappa shape index (κ2) is 17.0. The molecule has 4 N–H and O–H groups in total. The van der Waals surface area contributed by atoms with Crippen molar-refractivity contribution in [2.45, 2.75) is 127 Å². The van der Waals surface area contributed by atoms with Gasteiger partial charge in [0.1, 0.15) is 35.1 Å². The molecule has 13 nitrogen and oxygen atoms in total. The summed E-state index contributed by atoms with van der Waals surface area (Å²) in [7, 11) is 0. The second-order valence-corrected chi connectivity index (χ2v) is 16.4. The van der Waals surface area contributed by atoms with Crippen LogP contribution in [0.1, 0.15) is 94.1 Å². The number of halogens is 4. The third kappa shape index (κ3) is 9.91. The Kier molecular flexibility index (Phi) is 12.4. The van der Waals surface area contributed by atoms with Crippen molar-refractivity contribution in [1.29, 1.82) is 0 Å². The van der Waals surface area contributed by atoms with Crippen molar-refractivity contribution in [2.24, 2.45) is 5.92 Å². The third-order valence-electron chi connectivity index (χ3n) is 10.8. The molecule has 0 aromatic heterocycles. The maximum absolute atomic E-state index is 14.5. The maximum atomic E-state index is 14.5. The first-order chi connectivity index (χ1) is 27.3. The lowest BCUT2D eigenvalue weighted by Crippen LogP contribution is -2.57. The van der Waals surface area contributed by atoms with E-state index in [9.17, 15) is 46.6 Å². The lowest BCUT2D eigenvalue weighted by molar-refractivity contribution is -0.206. The van der Waals surface area contributed by atoms with Crippen LogP contribution in [0, 0.1) is 11.7 Å². The molecule has 58 heavy (non-hydrogen) atoms. The van der Waals surface area contributed by atoms with E-state index in [0.29, 0.717) is 30.4 Å². The van der Waals surface area contributed by atoms with Gasteiger partial charge >= 0.3 is 18.4 Å². The number of carbonyl (C=O) groups is 5. The Hall–Kier alpha value is -5.19. The highest BCUT2D eigenvalue weighted by atomic mass is 19.4. The lowest BCUT2D eigenvalue weighted by atomic mass is 10.0. The Bertz CT molecular complexity index is 1940. The summed E-state index contributed by atoms with van der Waals surface area (Å²) in [5.41, 5.74) is -1.45. The molecule has 1 aliphatic carbocycles. The van der Waals surface area contributed by atoms with E-state index in [1.807, 2.05) is 12.2 Å². The van der Waals surface area contributed by atoms with Gasteiger partial charge in [0.2, 0.25) is 17.7 Å². The minimum atomic E-state index is -4.89. The summed E-state index contributed by atoms with van der Waals surface area (Å²) >= 11 is 0. The Morgan fingerprint density at radius 2 is 1.81 bits per heavy atom. The fourth-order valence-electron chi connectivity index (χ4n) is 7.74. The number of alkyl carbamates (subject to hydrolysis) is 1. The van der Waals surface area contributed by atoms with Gasteiger partial charge in [0.05, 0.1) is 13.1 Å². The smallest absolute Gasteiger partial charge is 0.418 e. The number of benzene rings is 2. The summed E-state index contributed by atoms with van der Waals surface area (Å²) in [4.78, 5) is 71.6. The van der Waals surface area contributed by atoms with Crippen molar-refractivity contribution in [2.75, 3.05) is 6.54 Å². The summed E-state index contributed by atoms with van der Waals surface area (Å²) in [5.74, 6) is -2.83. The highest BCUT2D eigenvalue weighted by Crippen LogP contribution is 2.46. The van der Waals surface area contributed by atoms with Crippen molar-refractivity contribution < 1.29 is 56.1 Å². The number of rotatable bonds is 6. The largest absolute Gasteiger partial charge is 0.444 e. The number of hydrogen-bond donors (Lipinski definition) is 4. The van der Waals surface area contributed by atoms with E-state index >= 15 is 0 Å². The summed E-state index contributed by atoms with van der Waals surface area (Å²) in [6.07, 6.45) is -3.53. The monoisotopic (exact) mass is 815 g/mol. The average molecular weight is 816 g/mol. The van der Waals surface area contributed by atoms with Gasteiger partial charge < -0.3 is 35.4 Å². The molecule has 1 saturated heterocycles. The van der Waals surface area contributed by atoms with Crippen molar-refractivity contribution in [3.05, 3.63) is 82.7 Å². The molecule has 4 aliphatic rings. The van der Waals surface area contributed by atoms with E-state index < -0.39 is 88.8 Å². The zero-order valence-corrected chi connectivity index (χ0v) is 32.6. The Morgan fingerprint density at radius 3 is 2.53 bits per heavy atom. The summed E-state index contributed by atoms with van der Waals surface area (Å²) in [6, 6.07) is 7.29. The molecule has 3 aliphatic heterocycles.